The van der Waals surface area contributed by atoms with Gasteiger partial charge in [0.25, 0.3) is 0 Å². The van der Waals surface area contributed by atoms with Gasteiger partial charge in [-0.15, -0.1) is 11.3 Å². The fourth-order valence-corrected chi connectivity index (χ4v) is 3.31. The van der Waals surface area contributed by atoms with Crippen molar-refractivity contribution < 1.29 is 4.74 Å². The van der Waals surface area contributed by atoms with Crippen molar-refractivity contribution in [3.63, 3.8) is 0 Å². The number of thiazole rings is 1. The Labute approximate surface area is 105 Å². The fraction of sp³-hybridized carbons (Fsp3) is 0.462. The first-order chi connectivity index (χ1) is 8.33. The van der Waals surface area contributed by atoms with Gasteiger partial charge in [-0.2, -0.15) is 0 Å². The smallest absolute Gasteiger partial charge is 0.0955 e. The van der Waals surface area contributed by atoms with Crippen LogP contribution in [0.5, 0.6) is 0 Å². The number of para-hydroxylation sites is 1. The number of ether oxygens (including phenoxy) is 1. The molecule has 2 heterocycles. The molecule has 3 rings (SSSR count). The first kappa shape index (κ1) is 11.1. The molecule has 1 atom stereocenters. The fourth-order valence-electron chi connectivity index (χ4n) is 2.18. The SMILES string of the molecule is Cc1cccc2sc(CC3COCCN3)nc12. The minimum absolute atomic E-state index is 0.421. The van der Waals surface area contributed by atoms with Crippen LogP contribution in [0.15, 0.2) is 18.2 Å². The highest BCUT2D eigenvalue weighted by molar-refractivity contribution is 7.18. The molecule has 0 spiro atoms. The molecule has 0 saturated carbocycles. The quantitative estimate of drug-likeness (QED) is 0.884. The van der Waals surface area contributed by atoms with Gasteiger partial charge in [-0.25, -0.2) is 4.98 Å². The molecule has 1 N–H and O–H groups in total. The highest BCUT2D eigenvalue weighted by atomic mass is 32.1. The second-order valence-corrected chi connectivity index (χ2v) is 5.57. The van der Waals surface area contributed by atoms with Crippen LogP contribution in [-0.4, -0.2) is 30.8 Å². The molecule has 1 aliphatic rings. The van der Waals surface area contributed by atoms with Crippen molar-refractivity contribution in [3.8, 4) is 0 Å². The first-order valence-corrected chi connectivity index (χ1v) is 6.81. The van der Waals surface area contributed by atoms with Crippen molar-refractivity contribution in [2.75, 3.05) is 19.8 Å². The van der Waals surface area contributed by atoms with Gasteiger partial charge in [0.2, 0.25) is 0 Å². The molecule has 3 nitrogen and oxygen atoms in total. The maximum Gasteiger partial charge on any atom is 0.0955 e. The number of fused-ring (bicyclic) bond motifs is 1. The molecule has 1 aromatic heterocycles. The number of aromatic nitrogens is 1. The van der Waals surface area contributed by atoms with E-state index in [4.69, 9.17) is 9.72 Å². The van der Waals surface area contributed by atoms with E-state index >= 15 is 0 Å². The van der Waals surface area contributed by atoms with Crippen LogP contribution in [0.25, 0.3) is 10.2 Å². The topological polar surface area (TPSA) is 34.1 Å². The summed E-state index contributed by atoms with van der Waals surface area (Å²) in [5.74, 6) is 0. The van der Waals surface area contributed by atoms with Crippen LogP contribution in [0.3, 0.4) is 0 Å². The zero-order valence-electron chi connectivity index (χ0n) is 9.90. The van der Waals surface area contributed by atoms with E-state index in [1.807, 2.05) is 0 Å². The predicted molar refractivity (Wildman–Crippen MR) is 70.7 cm³/mol. The number of benzene rings is 1. The van der Waals surface area contributed by atoms with Crippen LogP contribution >= 0.6 is 11.3 Å². The van der Waals surface area contributed by atoms with Gasteiger partial charge in [0.1, 0.15) is 0 Å². The molecular weight excluding hydrogens is 232 g/mol. The molecule has 1 fully saturated rings. The van der Waals surface area contributed by atoms with Crippen molar-refractivity contribution in [1.82, 2.24) is 10.3 Å². The predicted octanol–water partition coefficient (Wildman–Crippen LogP) is 2.14. The molecular formula is C13H16N2OS. The molecule has 0 bridgehead atoms. The minimum atomic E-state index is 0.421. The number of nitrogens with one attached hydrogen (secondary N) is 1. The van der Waals surface area contributed by atoms with E-state index in [2.05, 4.69) is 30.4 Å². The highest BCUT2D eigenvalue weighted by Gasteiger charge is 2.16. The summed E-state index contributed by atoms with van der Waals surface area (Å²) in [5, 5.41) is 4.67. The highest BCUT2D eigenvalue weighted by Crippen LogP contribution is 2.25. The average Bonchev–Trinajstić information content (AvgIpc) is 2.74. The molecule has 17 heavy (non-hydrogen) atoms. The molecule has 1 aromatic carbocycles. The van der Waals surface area contributed by atoms with Gasteiger partial charge in [-0.3, -0.25) is 0 Å². The summed E-state index contributed by atoms with van der Waals surface area (Å²) in [6.45, 7) is 4.70. The van der Waals surface area contributed by atoms with Crippen molar-refractivity contribution in [2.24, 2.45) is 0 Å². The van der Waals surface area contributed by atoms with Crippen molar-refractivity contribution in [3.05, 3.63) is 28.8 Å². The first-order valence-electron chi connectivity index (χ1n) is 5.99. The second-order valence-electron chi connectivity index (χ2n) is 4.46. The summed E-state index contributed by atoms with van der Waals surface area (Å²) in [6, 6.07) is 6.79. The summed E-state index contributed by atoms with van der Waals surface area (Å²) in [7, 11) is 0. The average molecular weight is 248 g/mol. The zero-order valence-corrected chi connectivity index (χ0v) is 10.7. The lowest BCUT2D eigenvalue weighted by Crippen LogP contribution is -2.42. The molecule has 2 aromatic rings. The van der Waals surface area contributed by atoms with Crippen LogP contribution in [0.2, 0.25) is 0 Å². The normalized spacial score (nSPS) is 20.9. The Hall–Kier alpha value is -0.970. The van der Waals surface area contributed by atoms with E-state index < -0.39 is 0 Å². The van der Waals surface area contributed by atoms with Gasteiger partial charge in [0.15, 0.2) is 0 Å². The lowest BCUT2D eigenvalue weighted by atomic mass is 10.2. The molecule has 1 aliphatic heterocycles. The van der Waals surface area contributed by atoms with Crippen molar-refractivity contribution >= 4 is 21.6 Å². The van der Waals surface area contributed by atoms with E-state index in [0.717, 1.165) is 31.7 Å². The summed E-state index contributed by atoms with van der Waals surface area (Å²) < 4.78 is 6.76. The Balaban J connectivity index is 1.83. The number of morpholine rings is 1. The third kappa shape index (κ3) is 2.34. The van der Waals surface area contributed by atoms with Crippen LogP contribution in [0.4, 0.5) is 0 Å². The van der Waals surface area contributed by atoms with Gasteiger partial charge in [-0.05, 0) is 18.6 Å². The monoisotopic (exact) mass is 248 g/mol. The Morgan fingerprint density at radius 3 is 3.24 bits per heavy atom. The van der Waals surface area contributed by atoms with E-state index in [1.165, 1.54) is 15.3 Å². The van der Waals surface area contributed by atoms with E-state index in [9.17, 15) is 0 Å². The molecule has 4 heteroatoms. The summed E-state index contributed by atoms with van der Waals surface area (Å²) in [6.07, 6.45) is 0.971. The van der Waals surface area contributed by atoms with Crippen molar-refractivity contribution in [2.45, 2.75) is 19.4 Å². The van der Waals surface area contributed by atoms with Gasteiger partial charge in [0, 0.05) is 19.0 Å². The maximum atomic E-state index is 5.47. The van der Waals surface area contributed by atoms with Gasteiger partial charge in [0.05, 0.1) is 28.4 Å². The van der Waals surface area contributed by atoms with Crippen LogP contribution in [0.1, 0.15) is 10.6 Å². The Morgan fingerprint density at radius 2 is 2.47 bits per heavy atom. The van der Waals surface area contributed by atoms with Gasteiger partial charge < -0.3 is 10.1 Å². The largest absolute Gasteiger partial charge is 0.379 e. The maximum absolute atomic E-state index is 5.47. The lowest BCUT2D eigenvalue weighted by Gasteiger charge is -2.22. The second kappa shape index (κ2) is 4.72. The molecule has 0 radical (unpaired) electrons. The van der Waals surface area contributed by atoms with Crippen LogP contribution in [-0.2, 0) is 11.2 Å². The summed E-state index contributed by atoms with van der Waals surface area (Å²) in [4.78, 5) is 4.73. The zero-order chi connectivity index (χ0) is 11.7. The third-order valence-corrected chi connectivity index (χ3v) is 4.13. The Bertz CT molecular complexity index is 517. The molecule has 0 aliphatic carbocycles. The standard InChI is InChI=1S/C13H16N2OS/c1-9-3-2-4-11-13(9)15-12(17-11)7-10-8-16-6-5-14-10/h2-4,10,14H,5-8H2,1H3. The number of hydrogen-bond acceptors (Lipinski definition) is 4. The summed E-state index contributed by atoms with van der Waals surface area (Å²) >= 11 is 1.80. The third-order valence-electron chi connectivity index (χ3n) is 3.08. The minimum Gasteiger partial charge on any atom is -0.379 e. The number of hydrogen-bond donors (Lipinski definition) is 1. The van der Waals surface area contributed by atoms with Gasteiger partial charge >= 0.3 is 0 Å². The lowest BCUT2D eigenvalue weighted by molar-refractivity contribution is 0.0770. The molecule has 1 unspecified atom stereocenters. The van der Waals surface area contributed by atoms with E-state index in [1.54, 1.807) is 11.3 Å². The molecule has 90 valence electrons. The van der Waals surface area contributed by atoms with Crippen molar-refractivity contribution in [1.29, 1.82) is 0 Å². The van der Waals surface area contributed by atoms with Crippen LogP contribution < -0.4 is 5.32 Å². The molecule has 1 saturated heterocycles. The Morgan fingerprint density at radius 1 is 1.53 bits per heavy atom. The molecule has 0 amide bonds. The Kier molecular flexibility index (Phi) is 3.09. The number of aryl methyl sites for hydroxylation is 1. The van der Waals surface area contributed by atoms with E-state index in [-0.39, 0.29) is 0 Å². The van der Waals surface area contributed by atoms with Gasteiger partial charge in [-0.1, -0.05) is 12.1 Å². The number of rotatable bonds is 2. The number of nitrogens with zero attached hydrogens (tertiary/aromatic N) is 1. The summed E-state index contributed by atoms with van der Waals surface area (Å²) in [5.41, 5.74) is 2.42. The van der Waals surface area contributed by atoms with Crippen LogP contribution in [0, 0.1) is 6.92 Å². The van der Waals surface area contributed by atoms with E-state index in [0.29, 0.717) is 6.04 Å².